The number of carbonyl (C=O) groups is 3. The second-order valence-electron chi connectivity index (χ2n) is 5.50. The molecule has 0 radical (unpaired) electrons. The third-order valence-electron chi connectivity index (χ3n) is 3.40. The Morgan fingerprint density at radius 1 is 0.960 bits per heavy atom. The second kappa shape index (κ2) is 8.07. The van der Waals surface area contributed by atoms with E-state index in [2.05, 4.69) is 16.0 Å². The molecule has 0 aliphatic heterocycles. The Hall–Kier alpha value is -3.19. The van der Waals surface area contributed by atoms with Gasteiger partial charge in [0.1, 0.15) is 0 Å². The van der Waals surface area contributed by atoms with Crippen molar-refractivity contribution in [3.63, 3.8) is 0 Å². The SMILES string of the molecule is CC(=O)Nc1cccc(C(=O)Nc2cc(NC(=O)CN)ccc2C)c1. The number of anilines is 3. The molecule has 0 aromatic heterocycles. The largest absolute Gasteiger partial charge is 0.326 e. The number of amides is 3. The normalized spacial score (nSPS) is 10.0. The van der Waals surface area contributed by atoms with Crippen LogP contribution in [0.1, 0.15) is 22.8 Å². The van der Waals surface area contributed by atoms with E-state index >= 15 is 0 Å². The fourth-order valence-electron chi connectivity index (χ4n) is 2.18. The number of hydrogen-bond donors (Lipinski definition) is 4. The molecule has 0 bridgehead atoms. The highest BCUT2D eigenvalue weighted by atomic mass is 16.2. The smallest absolute Gasteiger partial charge is 0.255 e. The van der Waals surface area contributed by atoms with Gasteiger partial charge in [0.25, 0.3) is 5.91 Å². The van der Waals surface area contributed by atoms with E-state index in [1.165, 1.54) is 6.92 Å². The molecule has 0 aliphatic rings. The monoisotopic (exact) mass is 340 g/mol. The van der Waals surface area contributed by atoms with Crippen LogP contribution in [-0.4, -0.2) is 24.3 Å². The summed E-state index contributed by atoms with van der Waals surface area (Å²) in [6, 6.07) is 11.8. The summed E-state index contributed by atoms with van der Waals surface area (Å²) in [6.45, 7) is 3.13. The van der Waals surface area contributed by atoms with Gasteiger partial charge in [-0.2, -0.15) is 0 Å². The molecule has 0 spiro atoms. The first-order valence-corrected chi connectivity index (χ1v) is 7.68. The number of hydrogen-bond acceptors (Lipinski definition) is 4. The molecule has 0 saturated heterocycles. The van der Waals surface area contributed by atoms with Crippen molar-refractivity contribution >= 4 is 34.8 Å². The molecule has 2 rings (SSSR count). The quantitative estimate of drug-likeness (QED) is 0.667. The van der Waals surface area contributed by atoms with Crippen LogP contribution in [-0.2, 0) is 9.59 Å². The summed E-state index contributed by atoms with van der Waals surface area (Å²) in [5, 5.41) is 8.08. The van der Waals surface area contributed by atoms with Gasteiger partial charge in [0.15, 0.2) is 0 Å². The van der Waals surface area contributed by atoms with E-state index in [-0.39, 0.29) is 24.3 Å². The minimum Gasteiger partial charge on any atom is -0.326 e. The van der Waals surface area contributed by atoms with E-state index in [1.54, 1.807) is 42.5 Å². The van der Waals surface area contributed by atoms with Gasteiger partial charge in [-0.1, -0.05) is 12.1 Å². The average Bonchev–Trinajstić information content (AvgIpc) is 2.57. The van der Waals surface area contributed by atoms with Crippen LogP contribution in [0, 0.1) is 6.92 Å². The number of nitrogens with two attached hydrogens (primary N) is 1. The number of rotatable bonds is 5. The first-order chi connectivity index (χ1) is 11.9. The van der Waals surface area contributed by atoms with Gasteiger partial charge in [0.2, 0.25) is 11.8 Å². The lowest BCUT2D eigenvalue weighted by molar-refractivity contribution is -0.115. The Morgan fingerprint density at radius 2 is 1.68 bits per heavy atom. The molecule has 0 fully saturated rings. The van der Waals surface area contributed by atoms with Gasteiger partial charge in [-0.15, -0.1) is 0 Å². The van der Waals surface area contributed by atoms with E-state index in [1.807, 2.05) is 6.92 Å². The Labute approximate surface area is 145 Å². The number of carbonyl (C=O) groups excluding carboxylic acids is 3. The molecule has 7 heteroatoms. The summed E-state index contributed by atoms with van der Waals surface area (Å²) in [5.41, 5.74) is 8.19. The number of nitrogens with one attached hydrogen (secondary N) is 3. The predicted molar refractivity (Wildman–Crippen MR) is 97.6 cm³/mol. The van der Waals surface area contributed by atoms with Crippen LogP contribution in [0.2, 0.25) is 0 Å². The first kappa shape index (κ1) is 18.2. The standard InChI is InChI=1S/C18H20N4O3/c1-11-6-7-15(21-17(24)10-19)9-16(11)22-18(25)13-4-3-5-14(8-13)20-12(2)23/h3-9H,10,19H2,1-2H3,(H,20,23)(H,21,24)(H,22,25). The summed E-state index contributed by atoms with van der Waals surface area (Å²) in [7, 11) is 0. The Bertz CT molecular complexity index is 818. The Kier molecular flexibility index (Phi) is 5.86. The van der Waals surface area contributed by atoms with E-state index in [4.69, 9.17) is 5.73 Å². The molecule has 0 unspecified atom stereocenters. The molecule has 3 amide bonds. The van der Waals surface area contributed by atoms with Crippen LogP contribution in [0.3, 0.4) is 0 Å². The number of aryl methyl sites for hydroxylation is 1. The molecule has 130 valence electrons. The van der Waals surface area contributed by atoms with Crippen molar-refractivity contribution in [2.24, 2.45) is 5.73 Å². The summed E-state index contributed by atoms with van der Waals surface area (Å²) in [6.07, 6.45) is 0. The molecule has 25 heavy (non-hydrogen) atoms. The molecule has 2 aromatic carbocycles. The highest BCUT2D eigenvalue weighted by molar-refractivity contribution is 6.06. The lowest BCUT2D eigenvalue weighted by Gasteiger charge is -2.12. The molecule has 2 aromatic rings. The van der Waals surface area contributed by atoms with Crippen molar-refractivity contribution in [2.45, 2.75) is 13.8 Å². The minimum absolute atomic E-state index is 0.120. The van der Waals surface area contributed by atoms with Crippen molar-refractivity contribution in [1.29, 1.82) is 0 Å². The molecule has 5 N–H and O–H groups in total. The van der Waals surface area contributed by atoms with Crippen LogP contribution in [0.15, 0.2) is 42.5 Å². The maximum Gasteiger partial charge on any atom is 0.255 e. The fraction of sp³-hybridized carbons (Fsp3) is 0.167. The molecule has 0 saturated carbocycles. The summed E-state index contributed by atoms with van der Waals surface area (Å²) in [5.74, 6) is -0.849. The third kappa shape index (κ3) is 5.15. The maximum absolute atomic E-state index is 12.5. The van der Waals surface area contributed by atoms with Crippen LogP contribution < -0.4 is 21.7 Å². The van der Waals surface area contributed by atoms with E-state index in [9.17, 15) is 14.4 Å². The number of benzene rings is 2. The topological polar surface area (TPSA) is 113 Å². The summed E-state index contributed by atoms with van der Waals surface area (Å²) >= 11 is 0. The van der Waals surface area contributed by atoms with Crippen LogP contribution in [0.4, 0.5) is 17.1 Å². The summed E-state index contributed by atoms with van der Waals surface area (Å²) in [4.78, 5) is 35.0. The molecular formula is C18H20N4O3. The van der Waals surface area contributed by atoms with Gasteiger partial charge in [0.05, 0.1) is 6.54 Å². The zero-order valence-corrected chi connectivity index (χ0v) is 14.1. The molecular weight excluding hydrogens is 320 g/mol. The third-order valence-corrected chi connectivity index (χ3v) is 3.40. The van der Waals surface area contributed by atoms with Crippen molar-refractivity contribution in [1.82, 2.24) is 0 Å². The molecule has 0 aliphatic carbocycles. The lowest BCUT2D eigenvalue weighted by Crippen LogP contribution is -2.22. The van der Waals surface area contributed by atoms with Crippen molar-refractivity contribution < 1.29 is 14.4 Å². The van der Waals surface area contributed by atoms with Gasteiger partial charge in [-0.05, 0) is 42.8 Å². The highest BCUT2D eigenvalue weighted by Gasteiger charge is 2.10. The van der Waals surface area contributed by atoms with Gasteiger partial charge >= 0.3 is 0 Å². The van der Waals surface area contributed by atoms with Crippen molar-refractivity contribution in [3.05, 3.63) is 53.6 Å². The van der Waals surface area contributed by atoms with Gasteiger partial charge in [-0.25, -0.2) is 0 Å². The summed E-state index contributed by atoms with van der Waals surface area (Å²) < 4.78 is 0. The molecule has 0 heterocycles. The van der Waals surface area contributed by atoms with Crippen LogP contribution in [0.5, 0.6) is 0 Å². The average molecular weight is 340 g/mol. The Balaban J connectivity index is 2.18. The zero-order chi connectivity index (χ0) is 18.4. The highest BCUT2D eigenvalue weighted by Crippen LogP contribution is 2.21. The zero-order valence-electron chi connectivity index (χ0n) is 14.1. The molecule has 0 atom stereocenters. The predicted octanol–water partition coefficient (Wildman–Crippen LogP) is 2.10. The molecule has 7 nitrogen and oxygen atoms in total. The fourth-order valence-corrected chi connectivity index (χ4v) is 2.18. The second-order valence-corrected chi connectivity index (χ2v) is 5.50. The van der Waals surface area contributed by atoms with E-state index < -0.39 is 0 Å². The van der Waals surface area contributed by atoms with Crippen LogP contribution >= 0.6 is 0 Å². The van der Waals surface area contributed by atoms with Gasteiger partial charge in [-0.3, -0.25) is 14.4 Å². The Morgan fingerprint density at radius 3 is 2.36 bits per heavy atom. The minimum atomic E-state index is -0.322. The lowest BCUT2D eigenvalue weighted by atomic mass is 10.1. The van der Waals surface area contributed by atoms with Gasteiger partial charge in [0, 0.05) is 29.5 Å². The van der Waals surface area contributed by atoms with E-state index in [0.29, 0.717) is 22.6 Å². The van der Waals surface area contributed by atoms with Crippen molar-refractivity contribution in [2.75, 3.05) is 22.5 Å². The van der Waals surface area contributed by atoms with E-state index in [0.717, 1.165) is 5.56 Å². The van der Waals surface area contributed by atoms with Gasteiger partial charge < -0.3 is 21.7 Å². The van der Waals surface area contributed by atoms with Crippen LogP contribution in [0.25, 0.3) is 0 Å². The first-order valence-electron chi connectivity index (χ1n) is 7.68. The maximum atomic E-state index is 12.5. The van der Waals surface area contributed by atoms with Crippen molar-refractivity contribution in [3.8, 4) is 0 Å².